The summed E-state index contributed by atoms with van der Waals surface area (Å²) in [7, 11) is 0. The van der Waals surface area contributed by atoms with E-state index in [9.17, 15) is 0 Å². The Kier molecular flexibility index (Phi) is 2.48. The minimum Gasteiger partial charge on any atom is -0.150 e. The Morgan fingerprint density at radius 3 is 2.88 bits per heavy atom. The lowest BCUT2D eigenvalue weighted by Crippen LogP contribution is -2.31. The molecule has 4 bridgehead atoms. The topological polar surface area (TPSA) is 0 Å². The van der Waals surface area contributed by atoms with Crippen LogP contribution in [0.25, 0.3) is 0 Å². The molecule has 0 radical (unpaired) electrons. The SMILES string of the molecule is C=C1CCC[C@]2(C)C3CC(C(C)C)C2C1S3. The highest BCUT2D eigenvalue weighted by Gasteiger charge is 2.62. The van der Waals surface area contributed by atoms with Crippen molar-refractivity contribution in [3.8, 4) is 0 Å². The molecule has 0 amide bonds. The van der Waals surface area contributed by atoms with Gasteiger partial charge >= 0.3 is 0 Å². The van der Waals surface area contributed by atoms with Gasteiger partial charge in [0.15, 0.2) is 0 Å². The van der Waals surface area contributed by atoms with Crippen LogP contribution in [0.4, 0.5) is 0 Å². The Labute approximate surface area is 104 Å². The number of hydrogen-bond acceptors (Lipinski definition) is 1. The summed E-state index contributed by atoms with van der Waals surface area (Å²) in [6, 6.07) is 0. The molecule has 0 N–H and O–H groups in total. The van der Waals surface area contributed by atoms with Crippen LogP contribution in [0, 0.1) is 23.2 Å². The van der Waals surface area contributed by atoms with E-state index < -0.39 is 0 Å². The molecule has 2 aliphatic carbocycles. The van der Waals surface area contributed by atoms with Gasteiger partial charge in [-0.25, -0.2) is 0 Å². The zero-order valence-electron chi connectivity index (χ0n) is 10.8. The molecule has 3 rings (SSSR count). The molecule has 3 aliphatic rings. The summed E-state index contributed by atoms with van der Waals surface area (Å²) in [5.41, 5.74) is 2.20. The highest BCUT2D eigenvalue weighted by Crippen LogP contribution is 2.68. The third-order valence-electron chi connectivity index (χ3n) is 5.55. The fourth-order valence-electron chi connectivity index (χ4n) is 4.61. The second-order valence-electron chi connectivity index (χ2n) is 6.73. The maximum absolute atomic E-state index is 4.38. The molecule has 0 aromatic carbocycles. The predicted octanol–water partition coefficient (Wildman–Crippen LogP) is 4.51. The van der Waals surface area contributed by atoms with Crippen molar-refractivity contribution in [3.05, 3.63) is 12.2 Å². The molecule has 0 aromatic rings. The van der Waals surface area contributed by atoms with Crippen molar-refractivity contribution < 1.29 is 0 Å². The minimum absolute atomic E-state index is 0.643. The lowest BCUT2D eigenvalue weighted by atomic mass is 9.71. The molecule has 1 heterocycles. The molecule has 3 fully saturated rings. The zero-order chi connectivity index (χ0) is 11.5. The average molecular weight is 236 g/mol. The van der Waals surface area contributed by atoms with Gasteiger partial charge < -0.3 is 0 Å². The second-order valence-corrected chi connectivity index (χ2v) is 8.08. The van der Waals surface area contributed by atoms with Crippen molar-refractivity contribution in [3.63, 3.8) is 0 Å². The Morgan fingerprint density at radius 1 is 1.44 bits per heavy atom. The van der Waals surface area contributed by atoms with Crippen LogP contribution in [0.1, 0.15) is 46.5 Å². The van der Waals surface area contributed by atoms with Gasteiger partial charge in [-0.15, -0.1) is 11.8 Å². The first-order valence-corrected chi connectivity index (χ1v) is 7.81. The summed E-state index contributed by atoms with van der Waals surface area (Å²) in [6.07, 6.45) is 5.62. The van der Waals surface area contributed by atoms with Crippen LogP contribution in [-0.2, 0) is 0 Å². The maximum atomic E-state index is 4.38. The lowest BCUT2D eigenvalue weighted by molar-refractivity contribution is 0.180. The summed E-state index contributed by atoms with van der Waals surface area (Å²) in [5.74, 6) is 2.78. The molecule has 0 nitrogen and oxygen atoms in total. The molecular weight excluding hydrogens is 212 g/mol. The van der Waals surface area contributed by atoms with Gasteiger partial charge in [-0.3, -0.25) is 0 Å². The summed E-state index contributed by atoms with van der Waals surface area (Å²) < 4.78 is 0. The van der Waals surface area contributed by atoms with Crippen LogP contribution in [0.3, 0.4) is 0 Å². The molecule has 0 spiro atoms. The zero-order valence-corrected chi connectivity index (χ0v) is 11.6. The smallest absolute Gasteiger partial charge is 0.0293 e. The van der Waals surface area contributed by atoms with Crippen molar-refractivity contribution in [2.45, 2.75) is 57.0 Å². The van der Waals surface area contributed by atoms with E-state index in [-0.39, 0.29) is 0 Å². The Hall–Kier alpha value is 0.0900. The summed E-state index contributed by atoms with van der Waals surface area (Å²) >= 11 is 2.27. The van der Waals surface area contributed by atoms with E-state index in [1.807, 2.05) is 0 Å². The molecule has 16 heavy (non-hydrogen) atoms. The molecule has 1 saturated heterocycles. The van der Waals surface area contributed by atoms with E-state index in [0.29, 0.717) is 5.41 Å². The first-order valence-electron chi connectivity index (χ1n) is 6.87. The molecule has 0 aromatic heterocycles. The quantitative estimate of drug-likeness (QED) is 0.604. The van der Waals surface area contributed by atoms with Crippen LogP contribution in [0.5, 0.6) is 0 Å². The largest absolute Gasteiger partial charge is 0.150 e. The van der Waals surface area contributed by atoms with Crippen molar-refractivity contribution in [1.29, 1.82) is 0 Å². The van der Waals surface area contributed by atoms with Gasteiger partial charge in [0.1, 0.15) is 0 Å². The normalized spacial score (nSPS) is 51.1. The molecule has 1 heteroatoms. The van der Waals surface area contributed by atoms with Crippen LogP contribution in [0.2, 0.25) is 0 Å². The Bertz CT molecular complexity index is 319. The van der Waals surface area contributed by atoms with E-state index in [4.69, 9.17) is 0 Å². The molecule has 90 valence electrons. The predicted molar refractivity (Wildman–Crippen MR) is 72.7 cm³/mol. The van der Waals surface area contributed by atoms with Gasteiger partial charge in [-0.1, -0.05) is 32.9 Å². The first kappa shape index (κ1) is 11.2. The molecule has 5 atom stereocenters. The fraction of sp³-hybridized carbons (Fsp3) is 0.867. The summed E-state index contributed by atoms with van der Waals surface area (Å²) in [4.78, 5) is 0. The summed E-state index contributed by atoms with van der Waals surface area (Å²) in [5, 5.41) is 1.74. The van der Waals surface area contributed by atoms with Gasteiger partial charge in [-0.05, 0) is 48.9 Å². The van der Waals surface area contributed by atoms with E-state index >= 15 is 0 Å². The van der Waals surface area contributed by atoms with E-state index in [1.54, 1.807) is 5.57 Å². The minimum atomic E-state index is 0.643. The third-order valence-corrected chi connectivity index (χ3v) is 7.53. The monoisotopic (exact) mass is 236 g/mol. The third kappa shape index (κ3) is 1.30. The van der Waals surface area contributed by atoms with Crippen LogP contribution in [0.15, 0.2) is 12.2 Å². The molecule has 1 aliphatic heterocycles. The molecule has 4 unspecified atom stereocenters. The highest BCUT2D eigenvalue weighted by atomic mass is 32.2. The van der Waals surface area contributed by atoms with E-state index in [0.717, 1.165) is 28.3 Å². The first-order chi connectivity index (χ1) is 7.54. The second kappa shape index (κ2) is 3.54. The van der Waals surface area contributed by atoms with Crippen LogP contribution < -0.4 is 0 Å². The fourth-order valence-corrected chi connectivity index (χ4v) is 6.88. The van der Waals surface area contributed by atoms with Gasteiger partial charge in [0.2, 0.25) is 0 Å². The van der Waals surface area contributed by atoms with Crippen LogP contribution >= 0.6 is 11.8 Å². The van der Waals surface area contributed by atoms with Crippen LogP contribution in [-0.4, -0.2) is 10.5 Å². The van der Waals surface area contributed by atoms with Gasteiger partial charge in [0, 0.05) is 10.5 Å². The Morgan fingerprint density at radius 2 is 2.19 bits per heavy atom. The standard InChI is InChI=1S/C15H24S/c1-9(2)11-8-12-15(4)7-5-6-10(3)14(16-12)13(11)15/h9,11-14H,3,5-8H2,1-2,4H3/t11?,12?,13?,14?,15-/m1/s1. The van der Waals surface area contributed by atoms with Crippen molar-refractivity contribution in [2.75, 3.05) is 0 Å². The molecular formula is C15H24S. The number of thioether (sulfide) groups is 1. The average Bonchev–Trinajstić information content (AvgIpc) is 2.61. The maximum Gasteiger partial charge on any atom is 0.0293 e. The molecule has 2 saturated carbocycles. The number of rotatable bonds is 1. The summed E-state index contributed by atoms with van der Waals surface area (Å²) in [6.45, 7) is 11.8. The van der Waals surface area contributed by atoms with E-state index in [2.05, 4.69) is 39.1 Å². The van der Waals surface area contributed by atoms with Crippen molar-refractivity contribution in [1.82, 2.24) is 0 Å². The Balaban J connectivity index is 1.99. The number of hydrogen-bond donors (Lipinski definition) is 0. The van der Waals surface area contributed by atoms with Gasteiger partial charge in [0.05, 0.1) is 0 Å². The van der Waals surface area contributed by atoms with Crippen molar-refractivity contribution in [2.24, 2.45) is 23.2 Å². The van der Waals surface area contributed by atoms with Gasteiger partial charge in [0.25, 0.3) is 0 Å². The lowest BCUT2D eigenvalue weighted by Gasteiger charge is -2.34. The van der Waals surface area contributed by atoms with Gasteiger partial charge in [-0.2, -0.15) is 0 Å². The van der Waals surface area contributed by atoms with E-state index in [1.165, 1.54) is 25.7 Å². The highest BCUT2D eigenvalue weighted by molar-refractivity contribution is 8.01. The van der Waals surface area contributed by atoms with Crippen molar-refractivity contribution >= 4 is 11.8 Å².